The number of aliphatic hydroxyl groups is 1. The highest BCUT2D eigenvalue weighted by molar-refractivity contribution is 5.35. The van der Waals surface area contributed by atoms with Crippen LogP contribution in [0, 0.1) is 0 Å². The molecule has 1 unspecified atom stereocenters. The zero-order valence-electron chi connectivity index (χ0n) is 11.8. The lowest BCUT2D eigenvalue weighted by molar-refractivity contribution is 0.210. The van der Waals surface area contributed by atoms with E-state index in [0.29, 0.717) is 12.6 Å². The van der Waals surface area contributed by atoms with Crippen LogP contribution >= 0.6 is 0 Å². The lowest BCUT2D eigenvalue weighted by atomic mass is 10.0. The molecule has 1 heterocycles. The van der Waals surface area contributed by atoms with Gasteiger partial charge in [-0.25, -0.2) is 0 Å². The number of nitrogens with zero attached hydrogens (tertiary/aromatic N) is 1. The van der Waals surface area contributed by atoms with E-state index in [1.807, 2.05) is 0 Å². The van der Waals surface area contributed by atoms with Crippen LogP contribution < -0.4 is 0 Å². The molecule has 0 bridgehead atoms. The van der Waals surface area contributed by atoms with Gasteiger partial charge in [0, 0.05) is 19.2 Å². The largest absolute Gasteiger partial charge is 0.396 e. The Morgan fingerprint density at radius 3 is 2.95 bits per heavy atom. The molecule has 19 heavy (non-hydrogen) atoms. The summed E-state index contributed by atoms with van der Waals surface area (Å²) in [6, 6.07) is 7.80. The minimum atomic E-state index is 0.336. The molecule has 0 radical (unpaired) electrons. The highest BCUT2D eigenvalue weighted by Gasteiger charge is 2.24. The predicted octanol–water partition coefficient (Wildman–Crippen LogP) is 2.91. The number of fused-ring (bicyclic) bond motifs is 1. The van der Waals surface area contributed by atoms with Crippen LogP contribution in [-0.2, 0) is 19.4 Å². The lowest BCUT2D eigenvalue weighted by Gasteiger charge is -2.24. The summed E-state index contributed by atoms with van der Waals surface area (Å²) in [5.41, 5.74) is 4.64. The van der Waals surface area contributed by atoms with Crippen molar-refractivity contribution in [2.24, 2.45) is 0 Å². The van der Waals surface area contributed by atoms with Gasteiger partial charge in [0.1, 0.15) is 0 Å². The van der Waals surface area contributed by atoms with Crippen LogP contribution in [0.3, 0.4) is 0 Å². The fourth-order valence-corrected chi connectivity index (χ4v) is 3.72. The topological polar surface area (TPSA) is 23.5 Å². The minimum absolute atomic E-state index is 0.336. The fraction of sp³-hybridized carbons (Fsp3) is 0.647. The Bertz CT molecular complexity index is 429. The Kier molecular flexibility index (Phi) is 4.19. The van der Waals surface area contributed by atoms with Gasteiger partial charge in [-0.3, -0.25) is 4.90 Å². The number of hydrogen-bond donors (Lipinski definition) is 1. The molecule has 1 aromatic rings. The third-order valence-electron chi connectivity index (χ3n) is 4.74. The van der Waals surface area contributed by atoms with Gasteiger partial charge in [-0.2, -0.15) is 0 Å². The molecule has 2 nitrogen and oxygen atoms in total. The molecular formula is C17H25NO. The molecule has 1 aliphatic carbocycles. The van der Waals surface area contributed by atoms with Crippen molar-refractivity contribution in [3.8, 4) is 0 Å². The summed E-state index contributed by atoms with van der Waals surface area (Å²) in [5, 5.41) is 8.99. The predicted molar refractivity (Wildman–Crippen MR) is 78.2 cm³/mol. The van der Waals surface area contributed by atoms with Crippen LogP contribution in [-0.4, -0.2) is 29.2 Å². The summed E-state index contributed by atoms with van der Waals surface area (Å²) in [4.78, 5) is 2.62. The maximum Gasteiger partial charge on any atom is 0.0431 e. The molecule has 1 aliphatic heterocycles. The van der Waals surface area contributed by atoms with E-state index in [-0.39, 0.29) is 0 Å². The second-order valence-electron chi connectivity index (χ2n) is 6.09. The molecule has 3 rings (SSSR count). The summed E-state index contributed by atoms with van der Waals surface area (Å²) < 4.78 is 0. The zero-order chi connectivity index (χ0) is 13.1. The average molecular weight is 259 g/mol. The maximum atomic E-state index is 8.99. The van der Waals surface area contributed by atoms with Gasteiger partial charge in [-0.05, 0) is 68.2 Å². The Morgan fingerprint density at radius 1 is 1.16 bits per heavy atom. The second kappa shape index (κ2) is 6.06. The van der Waals surface area contributed by atoms with Crippen LogP contribution in [0.15, 0.2) is 18.2 Å². The quantitative estimate of drug-likeness (QED) is 0.879. The standard InChI is InChI=1S/C17H25NO/c19-11-3-7-17-6-2-10-18(17)13-14-8-9-15-4-1-5-16(15)12-14/h8-9,12,17,19H,1-7,10-11,13H2. The van der Waals surface area contributed by atoms with E-state index < -0.39 is 0 Å². The van der Waals surface area contributed by atoms with Gasteiger partial charge in [0.15, 0.2) is 0 Å². The summed E-state index contributed by atoms with van der Waals surface area (Å²) >= 11 is 0. The van der Waals surface area contributed by atoms with Crippen molar-refractivity contribution in [3.63, 3.8) is 0 Å². The van der Waals surface area contributed by atoms with Crippen molar-refractivity contribution in [2.75, 3.05) is 13.2 Å². The molecule has 2 aliphatic rings. The fourth-order valence-electron chi connectivity index (χ4n) is 3.72. The van der Waals surface area contributed by atoms with Gasteiger partial charge in [-0.15, -0.1) is 0 Å². The van der Waals surface area contributed by atoms with Crippen molar-refractivity contribution in [1.82, 2.24) is 4.90 Å². The highest BCUT2D eigenvalue weighted by atomic mass is 16.2. The molecule has 1 fully saturated rings. The Labute approximate surface area is 116 Å². The Balaban J connectivity index is 1.64. The van der Waals surface area contributed by atoms with E-state index >= 15 is 0 Å². The first-order chi connectivity index (χ1) is 9.36. The lowest BCUT2D eigenvalue weighted by Crippen LogP contribution is -2.29. The molecule has 0 aromatic heterocycles. The number of likely N-dealkylation sites (tertiary alicyclic amines) is 1. The molecule has 1 atom stereocenters. The number of hydrogen-bond acceptors (Lipinski definition) is 2. The van der Waals surface area contributed by atoms with E-state index in [2.05, 4.69) is 23.1 Å². The molecule has 104 valence electrons. The molecule has 0 saturated carbocycles. The molecule has 0 spiro atoms. The first kappa shape index (κ1) is 13.1. The molecule has 1 aromatic carbocycles. The van der Waals surface area contributed by atoms with E-state index in [0.717, 1.165) is 19.4 Å². The number of aryl methyl sites for hydroxylation is 2. The molecule has 0 amide bonds. The van der Waals surface area contributed by atoms with Crippen LogP contribution in [0.25, 0.3) is 0 Å². The first-order valence-corrected chi connectivity index (χ1v) is 7.82. The molecule has 1 N–H and O–H groups in total. The van der Waals surface area contributed by atoms with Crippen molar-refractivity contribution >= 4 is 0 Å². The van der Waals surface area contributed by atoms with Crippen molar-refractivity contribution in [2.45, 2.75) is 57.5 Å². The number of rotatable bonds is 5. The van der Waals surface area contributed by atoms with E-state index in [9.17, 15) is 0 Å². The smallest absolute Gasteiger partial charge is 0.0431 e. The summed E-state index contributed by atoms with van der Waals surface area (Å²) in [7, 11) is 0. The summed E-state index contributed by atoms with van der Waals surface area (Å²) in [6.07, 6.45) is 8.62. The van der Waals surface area contributed by atoms with Gasteiger partial charge in [0.2, 0.25) is 0 Å². The average Bonchev–Trinajstić information content (AvgIpc) is 3.05. The normalized spacial score (nSPS) is 22.9. The second-order valence-corrected chi connectivity index (χ2v) is 6.09. The maximum absolute atomic E-state index is 8.99. The zero-order valence-corrected chi connectivity index (χ0v) is 11.8. The molecule has 1 saturated heterocycles. The van der Waals surface area contributed by atoms with Gasteiger partial charge in [0.25, 0.3) is 0 Å². The van der Waals surface area contributed by atoms with Crippen molar-refractivity contribution < 1.29 is 5.11 Å². The summed E-state index contributed by atoms with van der Waals surface area (Å²) in [6.45, 7) is 2.67. The van der Waals surface area contributed by atoms with Crippen LogP contribution in [0.1, 0.15) is 48.8 Å². The molecule has 2 heteroatoms. The van der Waals surface area contributed by atoms with Gasteiger partial charge in [-0.1, -0.05) is 18.2 Å². The first-order valence-electron chi connectivity index (χ1n) is 7.82. The van der Waals surface area contributed by atoms with Gasteiger partial charge < -0.3 is 5.11 Å². The summed E-state index contributed by atoms with van der Waals surface area (Å²) in [5.74, 6) is 0. The number of benzene rings is 1. The minimum Gasteiger partial charge on any atom is -0.396 e. The Hall–Kier alpha value is -0.860. The van der Waals surface area contributed by atoms with Crippen LogP contribution in [0.2, 0.25) is 0 Å². The SMILES string of the molecule is OCCCC1CCCN1Cc1ccc2c(c1)CCC2. The van der Waals surface area contributed by atoms with E-state index in [4.69, 9.17) is 5.11 Å². The van der Waals surface area contributed by atoms with Crippen LogP contribution in [0.5, 0.6) is 0 Å². The number of aliphatic hydroxyl groups excluding tert-OH is 1. The van der Waals surface area contributed by atoms with Crippen LogP contribution in [0.4, 0.5) is 0 Å². The van der Waals surface area contributed by atoms with Gasteiger partial charge >= 0.3 is 0 Å². The third-order valence-corrected chi connectivity index (χ3v) is 4.74. The van der Waals surface area contributed by atoms with Gasteiger partial charge in [0.05, 0.1) is 0 Å². The van der Waals surface area contributed by atoms with E-state index in [1.54, 1.807) is 11.1 Å². The van der Waals surface area contributed by atoms with Crippen molar-refractivity contribution in [3.05, 3.63) is 34.9 Å². The third kappa shape index (κ3) is 3.01. The highest BCUT2D eigenvalue weighted by Crippen LogP contribution is 2.26. The molecular weight excluding hydrogens is 234 g/mol. The van der Waals surface area contributed by atoms with E-state index in [1.165, 1.54) is 44.2 Å². The Morgan fingerprint density at radius 2 is 2.05 bits per heavy atom. The monoisotopic (exact) mass is 259 g/mol. The van der Waals surface area contributed by atoms with Crippen molar-refractivity contribution in [1.29, 1.82) is 0 Å².